The molecule has 11 aromatic rings. The molecular formula is C49H29N3O2. The van der Waals surface area contributed by atoms with Crippen LogP contribution in [0.4, 0.5) is 0 Å². The first kappa shape index (κ1) is 30.3. The summed E-state index contributed by atoms with van der Waals surface area (Å²) in [5.74, 6) is 1.77. The van der Waals surface area contributed by atoms with Crippen molar-refractivity contribution in [2.24, 2.45) is 0 Å². The Balaban J connectivity index is 1.12. The van der Waals surface area contributed by atoms with Gasteiger partial charge in [0, 0.05) is 43.8 Å². The SMILES string of the molecule is c1ccc(-c2ccc(-c3nc(-c4ccc5c(ccc6oc7ccccc7c65)c4)nc(-c4cccc5oc6c(-c7ccccc7)cccc6c45)n3)cc2)cc1. The maximum Gasteiger partial charge on any atom is 0.164 e. The van der Waals surface area contributed by atoms with Gasteiger partial charge in [0.1, 0.15) is 22.3 Å². The van der Waals surface area contributed by atoms with E-state index in [-0.39, 0.29) is 0 Å². The van der Waals surface area contributed by atoms with Crippen LogP contribution in [0.1, 0.15) is 0 Å². The van der Waals surface area contributed by atoms with Gasteiger partial charge in [-0.25, -0.2) is 15.0 Å². The number of rotatable bonds is 5. The molecule has 0 radical (unpaired) electrons. The van der Waals surface area contributed by atoms with Crippen molar-refractivity contribution in [3.05, 3.63) is 176 Å². The standard InChI is InChI=1S/C49H29N3O2/c1-3-11-30(12-4-1)31-21-23-33(24-22-31)47-50-48(35-25-27-36-34(29-35)26-28-43-44(36)38-15-7-8-19-41(38)53-43)52-49(51-47)40-18-10-20-42-45(40)39-17-9-16-37(46(39)54-42)32-13-5-2-6-14-32/h1-29H. The Hall–Kier alpha value is -7.37. The molecule has 3 heterocycles. The zero-order chi connectivity index (χ0) is 35.6. The topological polar surface area (TPSA) is 65.0 Å². The van der Waals surface area contributed by atoms with Gasteiger partial charge < -0.3 is 8.83 Å². The van der Waals surface area contributed by atoms with Crippen LogP contribution in [0, 0.1) is 0 Å². The van der Waals surface area contributed by atoms with Gasteiger partial charge in [0.2, 0.25) is 0 Å². The molecule has 0 saturated carbocycles. The van der Waals surface area contributed by atoms with Crippen molar-refractivity contribution in [2.75, 3.05) is 0 Å². The molecule has 11 rings (SSSR count). The highest BCUT2D eigenvalue weighted by Gasteiger charge is 2.20. The van der Waals surface area contributed by atoms with E-state index in [1.165, 1.54) is 0 Å². The molecule has 252 valence electrons. The van der Waals surface area contributed by atoms with E-state index in [2.05, 4.69) is 140 Å². The van der Waals surface area contributed by atoms with Crippen LogP contribution in [-0.2, 0) is 0 Å². The molecule has 0 bridgehead atoms. The average Bonchev–Trinajstić information content (AvgIpc) is 3.83. The van der Waals surface area contributed by atoms with Crippen molar-refractivity contribution >= 4 is 54.6 Å². The summed E-state index contributed by atoms with van der Waals surface area (Å²) in [4.78, 5) is 15.5. The Morgan fingerprint density at radius 2 is 0.907 bits per heavy atom. The quantitative estimate of drug-likeness (QED) is 0.180. The fourth-order valence-electron chi connectivity index (χ4n) is 7.77. The predicted octanol–water partition coefficient (Wildman–Crippen LogP) is 13.2. The molecule has 0 atom stereocenters. The van der Waals surface area contributed by atoms with Gasteiger partial charge in [0.05, 0.1) is 0 Å². The fourth-order valence-corrected chi connectivity index (χ4v) is 7.77. The molecular weight excluding hydrogens is 663 g/mol. The van der Waals surface area contributed by atoms with Crippen LogP contribution in [0.25, 0.3) is 111 Å². The minimum atomic E-state index is 0.580. The Labute approximate surface area is 309 Å². The van der Waals surface area contributed by atoms with E-state index in [9.17, 15) is 0 Å². The monoisotopic (exact) mass is 691 g/mol. The number of hydrogen-bond donors (Lipinski definition) is 0. The summed E-state index contributed by atoms with van der Waals surface area (Å²) < 4.78 is 12.8. The largest absolute Gasteiger partial charge is 0.456 e. The Morgan fingerprint density at radius 3 is 1.74 bits per heavy atom. The van der Waals surface area contributed by atoms with Crippen LogP contribution >= 0.6 is 0 Å². The summed E-state index contributed by atoms with van der Waals surface area (Å²) in [6, 6.07) is 60.4. The fraction of sp³-hybridized carbons (Fsp3) is 0. The van der Waals surface area contributed by atoms with Crippen LogP contribution in [0.3, 0.4) is 0 Å². The number of benzene rings is 8. The molecule has 0 N–H and O–H groups in total. The van der Waals surface area contributed by atoms with E-state index in [1.54, 1.807) is 0 Å². The van der Waals surface area contributed by atoms with Gasteiger partial charge in [0.25, 0.3) is 0 Å². The lowest BCUT2D eigenvalue weighted by molar-refractivity contribution is 0.669. The highest BCUT2D eigenvalue weighted by molar-refractivity contribution is 6.19. The molecule has 0 fully saturated rings. The van der Waals surface area contributed by atoms with Crippen LogP contribution in [0.2, 0.25) is 0 Å². The normalized spacial score (nSPS) is 11.7. The highest BCUT2D eigenvalue weighted by atomic mass is 16.3. The first-order valence-corrected chi connectivity index (χ1v) is 18.0. The van der Waals surface area contributed by atoms with Crippen LogP contribution < -0.4 is 0 Å². The van der Waals surface area contributed by atoms with Crippen LogP contribution in [0.15, 0.2) is 185 Å². The van der Waals surface area contributed by atoms with Gasteiger partial charge in [-0.1, -0.05) is 152 Å². The van der Waals surface area contributed by atoms with Gasteiger partial charge in [-0.05, 0) is 51.7 Å². The lowest BCUT2D eigenvalue weighted by Gasteiger charge is -2.11. The minimum Gasteiger partial charge on any atom is -0.456 e. The second-order valence-electron chi connectivity index (χ2n) is 13.6. The first-order chi connectivity index (χ1) is 26.7. The van der Waals surface area contributed by atoms with Crippen molar-refractivity contribution in [1.29, 1.82) is 0 Å². The smallest absolute Gasteiger partial charge is 0.164 e. The Kier molecular flexibility index (Phi) is 6.79. The van der Waals surface area contributed by atoms with E-state index in [0.29, 0.717) is 17.5 Å². The number of nitrogens with zero attached hydrogens (tertiary/aromatic N) is 3. The zero-order valence-electron chi connectivity index (χ0n) is 28.9. The van der Waals surface area contributed by atoms with E-state index in [4.69, 9.17) is 23.8 Å². The zero-order valence-corrected chi connectivity index (χ0v) is 28.9. The van der Waals surface area contributed by atoms with Crippen molar-refractivity contribution in [2.45, 2.75) is 0 Å². The van der Waals surface area contributed by atoms with E-state index in [1.807, 2.05) is 36.4 Å². The summed E-state index contributed by atoms with van der Waals surface area (Å²) in [7, 11) is 0. The molecule has 0 aliphatic rings. The first-order valence-electron chi connectivity index (χ1n) is 18.0. The lowest BCUT2D eigenvalue weighted by atomic mass is 10.00. The third kappa shape index (κ3) is 4.90. The van der Waals surface area contributed by atoms with Gasteiger partial charge in [0.15, 0.2) is 17.5 Å². The predicted molar refractivity (Wildman–Crippen MR) is 219 cm³/mol. The molecule has 8 aromatic carbocycles. The Morgan fingerprint density at radius 1 is 0.315 bits per heavy atom. The van der Waals surface area contributed by atoms with E-state index < -0.39 is 0 Å². The summed E-state index contributed by atoms with van der Waals surface area (Å²) in [6.45, 7) is 0. The maximum absolute atomic E-state index is 6.61. The molecule has 0 aliphatic carbocycles. The summed E-state index contributed by atoms with van der Waals surface area (Å²) in [5.41, 5.74) is 10.5. The molecule has 5 nitrogen and oxygen atoms in total. The van der Waals surface area contributed by atoms with Crippen molar-refractivity contribution in [1.82, 2.24) is 15.0 Å². The average molecular weight is 692 g/mol. The van der Waals surface area contributed by atoms with Gasteiger partial charge in [-0.3, -0.25) is 0 Å². The van der Waals surface area contributed by atoms with Crippen LogP contribution in [-0.4, -0.2) is 15.0 Å². The third-order valence-corrected chi connectivity index (χ3v) is 10.4. The molecule has 0 amide bonds. The number of para-hydroxylation sites is 2. The van der Waals surface area contributed by atoms with E-state index in [0.717, 1.165) is 93.6 Å². The number of aromatic nitrogens is 3. The minimum absolute atomic E-state index is 0.580. The second-order valence-corrected chi connectivity index (χ2v) is 13.6. The molecule has 5 heteroatoms. The van der Waals surface area contributed by atoms with E-state index >= 15 is 0 Å². The van der Waals surface area contributed by atoms with Gasteiger partial charge >= 0.3 is 0 Å². The summed E-state index contributed by atoms with van der Waals surface area (Å²) in [5, 5.41) is 6.40. The molecule has 0 saturated heterocycles. The van der Waals surface area contributed by atoms with Crippen molar-refractivity contribution in [3.63, 3.8) is 0 Å². The van der Waals surface area contributed by atoms with Gasteiger partial charge in [-0.15, -0.1) is 0 Å². The summed E-state index contributed by atoms with van der Waals surface area (Å²) in [6.07, 6.45) is 0. The molecule has 54 heavy (non-hydrogen) atoms. The Bertz CT molecular complexity index is 3200. The lowest BCUT2D eigenvalue weighted by Crippen LogP contribution is -2.00. The molecule has 3 aromatic heterocycles. The molecule has 0 spiro atoms. The number of fused-ring (bicyclic) bond motifs is 8. The molecule has 0 unspecified atom stereocenters. The van der Waals surface area contributed by atoms with Crippen molar-refractivity contribution in [3.8, 4) is 56.4 Å². The second kappa shape index (κ2) is 12.1. The van der Waals surface area contributed by atoms with Crippen molar-refractivity contribution < 1.29 is 8.83 Å². The third-order valence-electron chi connectivity index (χ3n) is 10.4. The number of furan rings is 2. The summed E-state index contributed by atoms with van der Waals surface area (Å²) >= 11 is 0. The molecule has 0 aliphatic heterocycles. The highest BCUT2D eigenvalue weighted by Crippen LogP contribution is 2.41. The maximum atomic E-state index is 6.61. The van der Waals surface area contributed by atoms with Crippen LogP contribution in [0.5, 0.6) is 0 Å². The van der Waals surface area contributed by atoms with Gasteiger partial charge in [-0.2, -0.15) is 0 Å². The number of hydrogen-bond acceptors (Lipinski definition) is 5.